The maximum absolute atomic E-state index is 4.67. The number of hydrogen-bond acceptors (Lipinski definition) is 5. The van der Waals surface area contributed by atoms with Crippen molar-refractivity contribution >= 4 is 28.2 Å². The van der Waals surface area contributed by atoms with Crippen molar-refractivity contribution < 1.29 is 0 Å². The van der Waals surface area contributed by atoms with Crippen LogP contribution in [-0.4, -0.2) is 48.1 Å². The lowest BCUT2D eigenvalue weighted by Crippen LogP contribution is -2.29. The van der Waals surface area contributed by atoms with Crippen LogP contribution in [0.15, 0.2) is 0 Å². The van der Waals surface area contributed by atoms with Crippen molar-refractivity contribution in [3.63, 3.8) is 0 Å². The first-order valence-electron chi connectivity index (χ1n) is 7.57. The Morgan fingerprint density at radius 2 is 2.20 bits per heavy atom. The van der Waals surface area contributed by atoms with Gasteiger partial charge in [0.2, 0.25) is 0 Å². The van der Waals surface area contributed by atoms with Crippen LogP contribution in [0.25, 0.3) is 0 Å². The largest absolute Gasteiger partial charge is 0.354 e. The van der Waals surface area contributed by atoms with E-state index in [1.54, 1.807) is 0 Å². The Balaban J connectivity index is 2.00. The van der Waals surface area contributed by atoms with Gasteiger partial charge in [-0.05, 0) is 32.1 Å². The Morgan fingerprint density at radius 1 is 1.40 bits per heavy atom. The van der Waals surface area contributed by atoms with Gasteiger partial charge in [0, 0.05) is 37.3 Å². The molecule has 1 saturated heterocycles. The summed E-state index contributed by atoms with van der Waals surface area (Å²) in [5, 5.41) is 1.95. The second kappa shape index (κ2) is 7.66. The molecule has 0 N–H and O–H groups in total. The molecule has 0 amide bonds. The maximum atomic E-state index is 4.67. The van der Waals surface area contributed by atoms with Gasteiger partial charge >= 0.3 is 0 Å². The van der Waals surface area contributed by atoms with E-state index in [1.165, 1.54) is 48.7 Å². The minimum Gasteiger partial charge on any atom is -0.354 e. The first kappa shape index (κ1) is 16.1. The topological polar surface area (TPSA) is 19.4 Å². The van der Waals surface area contributed by atoms with E-state index in [0.717, 1.165) is 16.9 Å². The molecular weight excluding hydrogens is 286 g/mol. The molecular formula is C15H27N3S2. The van der Waals surface area contributed by atoms with E-state index in [-0.39, 0.29) is 0 Å². The third kappa shape index (κ3) is 4.37. The molecule has 0 aliphatic carbocycles. The van der Waals surface area contributed by atoms with Crippen LogP contribution in [0.1, 0.15) is 36.8 Å². The number of rotatable bonds is 5. The van der Waals surface area contributed by atoms with Crippen LogP contribution in [0.3, 0.4) is 0 Å². The van der Waals surface area contributed by atoms with Crippen LogP contribution in [0.2, 0.25) is 0 Å². The predicted octanol–water partition coefficient (Wildman–Crippen LogP) is 3.63. The summed E-state index contributed by atoms with van der Waals surface area (Å²) in [5.41, 5.74) is 1.21. The first-order chi connectivity index (χ1) is 9.60. The summed E-state index contributed by atoms with van der Waals surface area (Å²) in [5.74, 6) is 1.24. The third-order valence-electron chi connectivity index (χ3n) is 3.75. The zero-order valence-corrected chi connectivity index (χ0v) is 14.8. The summed E-state index contributed by atoms with van der Waals surface area (Å²) in [6.07, 6.45) is 4.12. The minimum absolute atomic E-state index is 0.823. The van der Waals surface area contributed by atoms with Gasteiger partial charge in [-0.3, -0.25) is 4.90 Å². The molecule has 1 aliphatic rings. The number of anilines is 1. The van der Waals surface area contributed by atoms with Crippen molar-refractivity contribution in [3.05, 3.63) is 10.6 Å². The van der Waals surface area contributed by atoms with Gasteiger partial charge in [0.15, 0.2) is 5.13 Å². The van der Waals surface area contributed by atoms with E-state index in [0.29, 0.717) is 0 Å². The molecule has 0 saturated carbocycles. The summed E-state index contributed by atoms with van der Waals surface area (Å²) in [6.45, 7) is 7.99. The molecule has 1 atom stereocenters. The van der Waals surface area contributed by atoms with E-state index in [9.17, 15) is 0 Å². The second-order valence-electron chi connectivity index (χ2n) is 5.71. The number of aromatic nitrogens is 1. The Bertz CT molecular complexity index is 417. The highest BCUT2D eigenvalue weighted by Crippen LogP contribution is 2.28. The summed E-state index contributed by atoms with van der Waals surface area (Å²) in [4.78, 5) is 10.9. The lowest BCUT2D eigenvalue weighted by molar-refractivity contribution is 0.281. The number of thioether (sulfide) groups is 1. The minimum atomic E-state index is 0.823. The fourth-order valence-corrected chi connectivity index (χ4v) is 4.79. The number of hydrogen-bond donors (Lipinski definition) is 0. The van der Waals surface area contributed by atoms with Crippen LogP contribution >= 0.6 is 23.1 Å². The van der Waals surface area contributed by atoms with E-state index in [1.807, 2.05) is 11.3 Å². The van der Waals surface area contributed by atoms with Crippen molar-refractivity contribution in [3.8, 4) is 0 Å². The molecule has 1 aliphatic heterocycles. The van der Waals surface area contributed by atoms with Gasteiger partial charge in [-0.1, -0.05) is 13.3 Å². The predicted molar refractivity (Wildman–Crippen MR) is 92.2 cm³/mol. The third-order valence-corrected chi connectivity index (χ3v) is 6.25. The molecule has 0 spiro atoms. The summed E-state index contributed by atoms with van der Waals surface area (Å²) < 4.78 is 0. The van der Waals surface area contributed by atoms with E-state index < -0.39 is 0 Å². The van der Waals surface area contributed by atoms with Gasteiger partial charge in [0.25, 0.3) is 0 Å². The lowest BCUT2D eigenvalue weighted by atomic mass is 10.2. The Labute approximate surface area is 131 Å². The molecule has 1 fully saturated rings. The Morgan fingerprint density at radius 3 is 2.85 bits per heavy atom. The number of likely N-dealkylation sites (tertiary alicyclic amines) is 1. The van der Waals surface area contributed by atoms with Crippen LogP contribution in [0, 0.1) is 6.92 Å². The Hall–Kier alpha value is -0.260. The molecule has 0 bridgehead atoms. The second-order valence-corrected chi connectivity index (χ2v) is 8.35. The van der Waals surface area contributed by atoms with Gasteiger partial charge in [-0.25, -0.2) is 4.98 Å². The molecule has 2 heterocycles. The standard InChI is InChI=1S/C15H27N3S2/c1-5-19-13-8-6-7-9-18(10-13)11-14-12(2)16-15(20-14)17(3)4/h13H,5-11H2,1-4H3. The molecule has 2 rings (SSSR count). The number of thiazole rings is 1. The van der Waals surface area contributed by atoms with Crippen LogP contribution < -0.4 is 4.90 Å². The van der Waals surface area contributed by atoms with Gasteiger partial charge in [-0.15, -0.1) is 11.3 Å². The highest BCUT2D eigenvalue weighted by Gasteiger charge is 2.20. The van der Waals surface area contributed by atoms with Gasteiger partial charge in [0.05, 0.1) is 5.69 Å². The SMILES string of the molecule is CCSC1CCCCN(Cc2sc(N(C)C)nc2C)C1. The van der Waals surface area contributed by atoms with Gasteiger partial charge < -0.3 is 4.90 Å². The highest BCUT2D eigenvalue weighted by molar-refractivity contribution is 7.99. The maximum Gasteiger partial charge on any atom is 0.185 e. The summed E-state index contributed by atoms with van der Waals surface area (Å²) in [7, 11) is 4.14. The summed E-state index contributed by atoms with van der Waals surface area (Å²) >= 11 is 3.98. The molecule has 1 aromatic rings. The fourth-order valence-electron chi connectivity index (χ4n) is 2.65. The highest BCUT2D eigenvalue weighted by atomic mass is 32.2. The molecule has 0 radical (unpaired) electrons. The normalized spacial score (nSPS) is 20.9. The monoisotopic (exact) mass is 313 g/mol. The molecule has 114 valence electrons. The van der Waals surface area contributed by atoms with E-state index >= 15 is 0 Å². The molecule has 20 heavy (non-hydrogen) atoms. The van der Waals surface area contributed by atoms with Crippen molar-refractivity contribution in [2.75, 3.05) is 37.8 Å². The average Bonchev–Trinajstić information content (AvgIpc) is 2.62. The average molecular weight is 314 g/mol. The zero-order chi connectivity index (χ0) is 14.5. The zero-order valence-electron chi connectivity index (χ0n) is 13.2. The molecule has 5 heteroatoms. The summed E-state index contributed by atoms with van der Waals surface area (Å²) in [6, 6.07) is 0. The van der Waals surface area contributed by atoms with E-state index in [2.05, 4.69) is 54.5 Å². The molecule has 1 unspecified atom stereocenters. The van der Waals surface area contributed by atoms with Gasteiger partial charge in [0.1, 0.15) is 0 Å². The molecule has 1 aromatic heterocycles. The van der Waals surface area contributed by atoms with E-state index in [4.69, 9.17) is 0 Å². The first-order valence-corrected chi connectivity index (χ1v) is 9.44. The van der Waals surface area contributed by atoms with Crippen molar-refractivity contribution in [2.24, 2.45) is 0 Å². The number of aryl methyl sites for hydroxylation is 1. The van der Waals surface area contributed by atoms with Crippen molar-refractivity contribution in [1.82, 2.24) is 9.88 Å². The van der Waals surface area contributed by atoms with Crippen LogP contribution in [0.5, 0.6) is 0 Å². The molecule has 0 aromatic carbocycles. The number of nitrogens with zero attached hydrogens (tertiary/aromatic N) is 3. The fraction of sp³-hybridized carbons (Fsp3) is 0.800. The van der Waals surface area contributed by atoms with Crippen molar-refractivity contribution in [1.29, 1.82) is 0 Å². The van der Waals surface area contributed by atoms with Gasteiger partial charge in [-0.2, -0.15) is 11.8 Å². The van der Waals surface area contributed by atoms with Crippen molar-refractivity contribution in [2.45, 2.75) is 44.9 Å². The van der Waals surface area contributed by atoms with Crippen LogP contribution in [-0.2, 0) is 6.54 Å². The Kier molecular flexibility index (Phi) is 6.18. The van der Waals surface area contributed by atoms with Crippen LogP contribution in [0.4, 0.5) is 5.13 Å². The molecule has 3 nitrogen and oxygen atoms in total. The smallest absolute Gasteiger partial charge is 0.185 e. The lowest BCUT2D eigenvalue weighted by Gasteiger charge is -2.23. The quantitative estimate of drug-likeness (QED) is 0.826.